The number of nitrogens with two attached hydrogens (primary N) is 1. The molecular weight excluding hydrogens is 246 g/mol. The molecule has 7 heteroatoms. The number of rotatable bonds is 3. The van der Waals surface area contributed by atoms with E-state index in [2.05, 4.69) is 20.3 Å². The summed E-state index contributed by atoms with van der Waals surface area (Å²) in [4.78, 5) is 3.93. The SMILES string of the molecule is Cc1nnc(Oc2cccnc2)c(/C(N)=N/O)c1C. The van der Waals surface area contributed by atoms with Crippen molar-refractivity contribution in [3.05, 3.63) is 41.3 Å². The van der Waals surface area contributed by atoms with Gasteiger partial charge in [0.2, 0.25) is 5.88 Å². The van der Waals surface area contributed by atoms with E-state index in [9.17, 15) is 0 Å². The molecule has 0 aromatic carbocycles. The molecule has 98 valence electrons. The summed E-state index contributed by atoms with van der Waals surface area (Å²) >= 11 is 0. The second-order valence-corrected chi connectivity index (χ2v) is 3.87. The number of oxime groups is 1. The molecule has 0 unspecified atom stereocenters. The largest absolute Gasteiger partial charge is 0.435 e. The number of nitrogens with zero attached hydrogens (tertiary/aromatic N) is 4. The average molecular weight is 259 g/mol. The van der Waals surface area contributed by atoms with Crippen LogP contribution in [0.4, 0.5) is 0 Å². The molecule has 0 aliphatic heterocycles. The maximum atomic E-state index is 8.84. The summed E-state index contributed by atoms with van der Waals surface area (Å²) in [5.74, 6) is 0.591. The predicted octanol–water partition coefficient (Wildman–Crippen LogP) is 1.38. The first kappa shape index (κ1) is 12.7. The Hall–Kier alpha value is -2.70. The third-order valence-corrected chi connectivity index (χ3v) is 2.64. The lowest BCUT2D eigenvalue weighted by Gasteiger charge is -2.11. The highest BCUT2D eigenvalue weighted by molar-refractivity contribution is 6.00. The minimum atomic E-state index is -0.0746. The minimum absolute atomic E-state index is 0.0746. The summed E-state index contributed by atoms with van der Waals surface area (Å²) in [6, 6.07) is 3.45. The highest BCUT2D eigenvalue weighted by Crippen LogP contribution is 2.25. The molecule has 2 heterocycles. The van der Waals surface area contributed by atoms with Gasteiger partial charge in [-0.3, -0.25) is 4.98 Å². The van der Waals surface area contributed by atoms with Gasteiger partial charge in [-0.1, -0.05) is 5.16 Å². The van der Waals surface area contributed by atoms with Crippen LogP contribution in [0.15, 0.2) is 29.7 Å². The Morgan fingerprint density at radius 2 is 2.16 bits per heavy atom. The van der Waals surface area contributed by atoms with Crippen LogP contribution in [0, 0.1) is 13.8 Å². The van der Waals surface area contributed by atoms with E-state index in [1.165, 1.54) is 6.20 Å². The molecule has 2 aromatic heterocycles. The normalized spacial score (nSPS) is 11.4. The van der Waals surface area contributed by atoms with Gasteiger partial charge in [-0.2, -0.15) is 5.10 Å². The van der Waals surface area contributed by atoms with Gasteiger partial charge in [0, 0.05) is 6.20 Å². The number of pyridine rings is 1. The zero-order valence-electron chi connectivity index (χ0n) is 10.5. The van der Waals surface area contributed by atoms with E-state index in [-0.39, 0.29) is 11.7 Å². The lowest BCUT2D eigenvalue weighted by atomic mass is 10.1. The zero-order chi connectivity index (χ0) is 13.8. The van der Waals surface area contributed by atoms with Crippen LogP contribution in [0.1, 0.15) is 16.8 Å². The summed E-state index contributed by atoms with van der Waals surface area (Å²) in [6.07, 6.45) is 3.16. The van der Waals surface area contributed by atoms with Crippen molar-refractivity contribution < 1.29 is 9.94 Å². The van der Waals surface area contributed by atoms with Crippen LogP contribution in [0.5, 0.6) is 11.6 Å². The van der Waals surface area contributed by atoms with Crippen LogP contribution in [0.2, 0.25) is 0 Å². The van der Waals surface area contributed by atoms with Crippen LogP contribution >= 0.6 is 0 Å². The molecule has 2 aromatic rings. The fourth-order valence-electron chi connectivity index (χ4n) is 1.53. The highest BCUT2D eigenvalue weighted by atomic mass is 16.5. The van der Waals surface area contributed by atoms with E-state index in [1.807, 2.05) is 0 Å². The van der Waals surface area contributed by atoms with Gasteiger partial charge in [0.05, 0.1) is 17.5 Å². The number of hydrogen-bond acceptors (Lipinski definition) is 6. The summed E-state index contributed by atoms with van der Waals surface area (Å²) < 4.78 is 5.56. The molecule has 2 rings (SSSR count). The van der Waals surface area contributed by atoms with Crippen LogP contribution < -0.4 is 10.5 Å². The lowest BCUT2D eigenvalue weighted by molar-refractivity contribution is 0.318. The van der Waals surface area contributed by atoms with E-state index in [4.69, 9.17) is 15.7 Å². The maximum absolute atomic E-state index is 8.84. The topological polar surface area (TPSA) is 107 Å². The number of aryl methyl sites for hydroxylation is 1. The van der Waals surface area contributed by atoms with E-state index in [1.54, 1.807) is 32.2 Å². The van der Waals surface area contributed by atoms with Gasteiger partial charge in [0.25, 0.3) is 0 Å². The first-order chi connectivity index (χ1) is 9.13. The molecular formula is C12H13N5O2. The Morgan fingerprint density at radius 1 is 1.37 bits per heavy atom. The number of hydrogen-bond donors (Lipinski definition) is 2. The second kappa shape index (κ2) is 5.30. The molecule has 0 bridgehead atoms. The van der Waals surface area contributed by atoms with E-state index < -0.39 is 0 Å². The van der Waals surface area contributed by atoms with Gasteiger partial charge in [-0.25, -0.2) is 0 Å². The van der Waals surface area contributed by atoms with Crippen molar-refractivity contribution in [2.45, 2.75) is 13.8 Å². The fourth-order valence-corrected chi connectivity index (χ4v) is 1.53. The van der Waals surface area contributed by atoms with Gasteiger partial charge in [0.1, 0.15) is 5.75 Å². The van der Waals surface area contributed by atoms with Gasteiger partial charge < -0.3 is 15.7 Å². The molecule has 0 aliphatic rings. The molecule has 0 radical (unpaired) electrons. The average Bonchev–Trinajstić information content (AvgIpc) is 2.44. The first-order valence-electron chi connectivity index (χ1n) is 5.53. The van der Waals surface area contributed by atoms with Gasteiger partial charge in [-0.15, -0.1) is 5.10 Å². The number of ether oxygens (including phenoxy) is 1. The van der Waals surface area contributed by atoms with Crippen molar-refractivity contribution in [2.75, 3.05) is 0 Å². The number of amidine groups is 1. The first-order valence-corrected chi connectivity index (χ1v) is 5.53. The quantitative estimate of drug-likeness (QED) is 0.373. The smallest absolute Gasteiger partial charge is 0.250 e. The summed E-state index contributed by atoms with van der Waals surface area (Å²) in [5, 5.41) is 19.7. The molecule has 0 spiro atoms. The van der Waals surface area contributed by atoms with Gasteiger partial charge in [0.15, 0.2) is 5.84 Å². The highest BCUT2D eigenvalue weighted by Gasteiger charge is 2.17. The van der Waals surface area contributed by atoms with Crippen molar-refractivity contribution >= 4 is 5.84 Å². The van der Waals surface area contributed by atoms with E-state index in [0.717, 1.165) is 5.56 Å². The number of aromatic nitrogens is 3. The Morgan fingerprint density at radius 3 is 2.79 bits per heavy atom. The van der Waals surface area contributed by atoms with E-state index in [0.29, 0.717) is 17.0 Å². The van der Waals surface area contributed by atoms with Crippen molar-refractivity contribution in [1.82, 2.24) is 15.2 Å². The summed E-state index contributed by atoms with van der Waals surface area (Å²) in [6.45, 7) is 3.58. The molecule has 19 heavy (non-hydrogen) atoms. The van der Waals surface area contributed by atoms with E-state index >= 15 is 0 Å². The Labute approximate surface area is 109 Å². The molecule has 3 N–H and O–H groups in total. The molecule has 7 nitrogen and oxygen atoms in total. The molecule has 0 fully saturated rings. The van der Waals surface area contributed by atoms with Crippen molar-refractivity contribution in [2.24, 2.45) is 10.9 Å². The summed E-state index contributed by atoms with van der Waals surface area (Å²) in [5.41, 5.74) is 7.49. The second-order valence-electron chi connectivity index (χ2n) is 3.87. The molecule has 0 amide bonds. The zero-order valence-corrected chi connectivity index (χ0v) is 10.5. The minimum Gasteiger partial charge on any atom is -0.435 e. The third-order valence-electron chi connectivity index (χ3n) is 2.64. The molecule has 0 atom stereocenters. The van der Waals surface area contributed by atoms with Crippen LogP contribution in [-0.2, 0) is 0 Å². The fraction of sp³-hybridized carbons (Fsp3) is 0.167. The maximum Gasteiger partial charge on any atom is 0.250 e. The van der Waals surface area contributed by atoms with Crippen LogP contribution in [0.25, 0.3) is 0 Å². The van der Waals surface area contributed by atoms with Crippen molar-refractivity contribution in [3.63, 3.8) is 0 Å². The van der Waals surface area contributed by atoms with Crippen LogP contribution in [-0.4, -0.2) is 26.2 Å². The van der Waals surface area contributed by atoms with Gasteiger partial charge >= 0.3 is 0 Å². The van der Waals surface area contributed by atoms with Crippen molar-refractivity contribution in [1.29, 1.82) is 0 Å². The van der Waals surface area contributed by atoms with Crippen LogP contribution in [0.3, 0.4) is 0 Å². The van der Waals surface area contributed by atoms with Gasteiger partial charge in [-0.05, 0) is 31.5 Å². The molecule has 0 saturated carbocycles. The predicted molar refractivity (Wildman–Crippen MR) is 68.3 cm³/mol. The standard InChI is InChI=1S/C12H13N5O2/c1-7-8(2)15-16-12(10(7)11(13)17-18)19-9-4-3-5-14-6-9/h3-6,18H,1-2H3,(H2,13,17). The summed E-state index contributed by atoms with van der Waals surface area (Å²) in [7, 11) is 0. The Kier molecular flexibility index (Phi) is 3.56. The Bertz CT molecular complexity index is 613. The lowest BCUT2D eigenvalue weighted by Crippen LogP contribution is -2.18. The molecule has 0 aliphatic carbocycles. The monoisotopic (exact) mass is 259 g/mol. The molecule has 0 saturated heterocycles. The Balaban J connectivity index is 2.49. The van der Waals surface area contributed by atoms with Crippen molar-refractivity contribution in [3.8, 4) is 11.6 Å². The third kappa shape index (κ3) is 2.59.